The Morgan fingerprint density at radius 2 is 2.24 bits per heavy atom. The van der Waals surface area contributed by atoms with E-state index in [1.54, 1.807) is 0 Å². The van der Waals surface area contributed by atoms with E-state index < -0.39 is 0 Å². The van der Waals surface area contributed by atoms with Gasteiger partial charge in [-0.05, 0) is 43.9 Å². The molecule has 4 rings (SSSR count). The molecule has 0 unspecified atom stereocenters. The number of rotatable bonds is 6. The van der Waals surface area contributed by atoms with E-state index in [0.29, 0.717) is 5.92 Å². The summed E-state index contributed by atoms with van der Waals surface area (Å²) in [5.41, 5.74) is 0.101. The molecule has 2 aliphatic carbocycles. The van der Waals surface area contributed by atoms with Crippen LogP contribution in [0.3, 0.4) is 0 Å². The zero-order valence-corrected chi connectivity index (χ0v) is 12.6. The lowest BCUT2D eigenvalue weighted by Crippen LogP contribution is -2.32. The largest absolute Gasteiger partial charge is 0.396 e. The highest BCUT2D eigenvalue weighted by atomic mass is 16.5. The lowest BCUT2D eigenvalue weighted by Gasteiger charge is -2.24. The Kier molecular flexibility index (Phi) is 3.50. The van der Waals surface area contributed by atoms with Crippen LogP contribution in [0, 0.1) is 11.8 Å². The highest BCUT2D eigenvalue weighted by molar-refractivity contribution is 5.17. The van der Waals surface area contributed by atoms with Gasteiger partial charge in [-0.2, -0.15) is 4.98 Å². The summed E-state index contributed by atoms with van der Waals surface area (Å²) in [6.45, 7) is 3.42. The first kappa shape index (κ1) is 13.7. The Bertz CT molecular complexity index is 499. The van der Waals surface area contributed by atoms with Gasteiger partial charge in [-0.1, -0.05) is 11.6 Å². The molecule has 3 aliphatic rings. The molecule has 2 saturated carbocycles. The minimum absolute atomic E-state index is 0.101. The van der Waals surface area contributed by atoms with Crippen molar-refractivity contribution < 1.29 is 9.63 Å². The molecular weight excluding hydrogens is 266 g/mol. The zero-order valence-electron chi connectivity index (χ0n) is 12.6. The van der Waals surface area contributed by atoms with Gasteiger partial charge < -0.3 is 14.5 Å². The first-order valence-corrected chi connectivity index (χ1v) is 8.46. The summed E-state index contributed by atoms with van der Waals surface area (Å²) in [4.78, 5) is 7.24. The van der Waals surface area contributed by atoms with E-state index in [4.69, 9.17) is 14.6 Å². The third-order valence-corrected chi connectivity index (χ3v) is 5.64. The van der Waals surface area contributed by atoms with Crippen molar-refractivity contribution in [1.29, 1.82) is 0 Å². The van der Waals surface area contributed by atoms with E-state index in [1.807, 2.05) is 0 Å². The number of likely N-dealkylation sites (tertiary alicyclic amines) is 1. The molecule has 2 atom stereocenters. The van der Waals surface area contributed by atoms with Crippen LogP contribution in [0.2, 0.25) is 0 Å². The smallest absolute Gasteiger partial charge is 0.234 e. The van der Waals surface area contributed by atoms with Gasteiger partial charge in [0.1, 0.15) is 0 Å². The molecule has 1 N–H and O–H groups in total. The molecule has 0 aromatic carbocycles. The van der Waals surface area contributed by atoms with Crippen LogP contribution in [-0.4, -0.2) is 46.4 Å². The zero-order chi connectivity index (χ0) is 14.3. The van der Waals surface area contributed by atoms with Gasteiger partial charge >= 0.3 is 0 Å². The van der Waals surface area contributed by atoms with Gasteiger partial charge in [-0.15, -0.1) is 0 Å². The molecular formula is C16H25N3O2. The number of hydrogen-bond donors (Lipinski definition) is 1. The fraction of sp³-hybridized carbons (Fsp3) is 0.875. The molecule has 0 amide bonds. The number of nitrogens with zero attached hydrogens (tertiary/aromatic N) is 3. The maximum atomic E-state index is 9.04. The van der Waals surface area contributed by atoms with Crippen molar-refractivity contribution in [2.45, 2.75) is 50.4 Å². The topological polar surface area (TPSA) is 62.4 Å². The molecule has 116 valence electrons. The third-order valence-electron chi connectivity index (χ3n) is 5.64. The van der Waals surface area contributed by atoms with Gasteiger partial charge in [0.05, 0.1) is 5.41 Å². The number of aliphatic hydroxyl groups excluding tert-OH is 1. The lowest BCUT2D eigenvalue weighted by molar-refractivity contribution is 0.225. The van der Waals surface area contributed by atoms with Gasteiger partial charge in [0.2, 0.25) is 5.89 Å². The van der Waals surface area contributed by atoms with E-state index in [9.17, 15) is 0 Å². The third kappa shape index (κ3) is 2.50. The van der Waals surface area contributed by atoms with Crippen molar-refractivity contribution >= 4 is 0 Å². The van der Waals surface area contributed by atoms with Crippen LogP contribution >= 0.6 is 0 Å². The summed E-state index contributed by atoms with van der Waals surface area (Å²) in [6.07, 6.45) is 8.24. The number of aliphatic hydroxyl groups is 1. The second-order valence-electron chi connectivity index (χ2n) is 7.22. The average Bonchev–Trinajstić information content (AvgIpc) is 2.87. The van der Waals surface area contributed by atoms with Crippen molar-refractivity contribution in [1.82, 2.24) is 15.0 Å². The van der Waals surface area contributed by atoms with Crippen LogP contribution in [0.15, 0.2) is 4.52 Å². The summed E-state index contributed by atoms with van der Waals surface area (Å²) < 4.78 is 5.70. The number of hydrogen-bond acceptors (Lipinski definition) is 5. The molecule has 2 heterocycles. The normalized spacial score (nSPS) is 32.7. The van der Waals surface area contributed by atoms with E-state index in [-0.39, 0.29) is 12.0 Å². The van der Waals surface area contributed by atoms with Gasteiger partial charge in [-0.25, -0.2) is 0 Å². The van der Waals surface area contributed by atoms with Gasteiger partial charge in [0.15, 0.2) is 5.82 Å². The minimum Gasteiger partial charge on any atom is -0.396 e. The van der Waals surface area contributed by atoms with E-state index in [2.05, 4.69) is 10.1 Å². The number of fused-ring (bicyclic) bond motifs is 1. The van der Waals surface area contributed by atoms with Crippen molar-refractivity contribution in [3.8, 4) is 0 Å². The van der Waals surface area contributed by atoms with E-state index in [1.165, 1.54) is 32.1 Å². The Balaban J connectivity index is 1.51. The van der Waals surface area contributed by atoms with E-state index >= 15 is 0 Å². The SMILES string of the molecule is OCCCN1C[C@H]2CCC[C@@]2(c2nc(CC3CC3)no2)C1. The monoisotopic (exact) mass is 291 g/mol. The Morgan fingerprint density at radius 1 is 1.33 bits per heavy atom. The fourth-order valence-electron chi connectivity index (χ4n) is 4.33. The highest BCUT2D eigenvalue weighted by Crippen LogP contribution is 2.50. The molecule has 0 radical (unpaired) electrons. The van der Waals surface area contributed by atoms with Crippen LogP contribution in [0.1, 0.15) is 50.2 Å². The summed E-state index contributed by atoms with van der Waals surface area (Å²) in [5.74, 6) is 3.27. The Hall–Kier alpha value is -0.940. The molecule has 5 heteroatoms. The van der Waals surface area contributed by atoms with Crippen LogP contribution < -0.4 is 0 Å². The van der Waals surface area contributed by atoms with Crippen molar-refractivity contribution in [3.05, 3.63) is 11.7 Å². The highest BCUT2D eigenvalue weighted by Gasteiger charge is 2.53. The summed E-state index contributed by atoms with van der Waals surface area (Å²) in [7, 11) is 0. The molecule has 0 bridgehead atoms. The van der Waals surface area contributed by atoms with Gasteiger partial charge in [0.25, 0.3) is 0 Å². The fourth-order valence-corrected chi connectivity index (χ4v) is 4.33. The molecule has 5 nitrogen and oxygen atoms in total. The van der Waals surface area contributed by atoms with Crippen molar-refractivity contribution in [3.63, 3.8) is 0 Å². The van der Waals surface area contributed by atoms with Crippen molar-refractivity contribution in [2.24, 2.45) is 11.8 Å². The molecule has 0 spiro atoms. The maximum Gasteiger partial charge on any atom is 0.234 e. The Labute approximate surface area is 125 Å². The van der Waals surface area contributed by atoms with Crippen LogP contribution in [0.25, 0.3) is 0 Å². The summed E-state index contributed by atoms with van der Waals surface area (Å²) >= 11 is 0. The quantitative estimate of drug-likeness (QED) is 0.865. The molecule has 1 aromatic rings. The molecule has 21 heavy (non-hydrogen) atoms. The minimum atomic E-state index is 0.101. The molecule has 1 saturated heterocycles. The molecule has 1 aromatic heterocycles. The molecule has 1 aliphatic heterocycles. The maximum absolute atomic E-state index is 9.04. The Morgan fingerprint density at radius 3 is 3.05 bits per heavy atom. The first-order chi connectivity index (χ1) is 10.3. The van der Waals surface area contributed by atoms with Gasteiger partial charge in [-0.3, -0.25) is 0 Å². The van der Waals surface area contributed by atoms with Crippen LogP contribution in [0.4, 0.5) is 0 Å². The van der Waals surface area contributed by atoms with Crippen LogP contribution in [0.5, 0.6) is 0 Å². The van der Waals surface area contributed by atoms with Crippen LogP contribution in [-0.2, 0) is 11.8 Å². The lowest BCUT2D eigenvalue weighted by atomic mass is 9.80. The standard InChI is InChI=1S/C16H25N3O2/c20-8-2-7-19-10-13-3-1-6-16(13,11-19)15-17-14(18-21-15)9-12-4-5-12/h12-13,20H,1-11H2/t13-,16-/m1/s1. The van der Waals surface area contributed by atoms with E-state index in [0.717, 1.165) is 50.1 Å². The summed E-state index contributed by atoms with van der Waals surface area (Å²) in [6, 6.07) is 0. The summed E-state index contributed by atoms with van der Waals surface area (Å²) in [5, 5.41) is 13.3. The molecule has 3 fully saturated rings. The number of aromatic nitrogens is 2. The average molecular weight is 291 g/mol. The van der Waals surface area contributed by atoms with Gasteiger partial charge in [0, 0.05) is 32.7 Å². The predicted molar refractivity (Wildman–Crippen MR) is 77.9 cm³/mol. The van der Waals surface area contributed by atoms with Crippen molar-refractivity contribution in [2.75, 3.05) is 26.2 Å². The second-order valence-corrected chi connectivity index (χ2v) is 7.22. The predicted octanol–water partition coefficient (Wildman–Crippen LogP) is 1.76. The second kappa shape index (κ2) is 5.36. The first-order valence-electron chi connectivity index (χ1n) is 8.46.